The van der Waals surface area contributed by atoms with Gasteiger partial charge in [-0.25, -0.2) is 0 Å². The zero-order valence-corrected chi connectivity index (χ0v) is 15.7. The molecule has 1 aromatic heterocycles. The van der Waals surface area contributed by atoms with E-state index in [9.17, 15) is 9.90 Å². The molecule has 1 aliphatic heterocycles. The minimum Gasteiger partial charge on any atom is -0.383 e. The Morgan fingerprint density at radius 1 is 1.40 bits per heavy atom. The first-order valence-corrected chi connectivity index (χ1v) is 9.50. The Morgan fingerprint density at radius 3 is 2.96 bits per heavy atom. The first kappa shape index (κ1) is 18.3. The van der Waals surface area contributed by atoms with Crippen LogP contribution in [0.3, 0.4) is 0 Å². The molecule has 25 heavy (non-hydrogen) atoms. The largest absolute Gasteiger partial charge is 0.383 e. The lowest BCUT2D eigenvalue weighted by molar-refractivity contribution is -0.159. The SMILES string of the molecule is COCCN1CCCC(O)(CN(C)Cc2cc3ccccc3s2)C1=O. The van der Waals surface area contributed by atoms with Crippen LogP contribution in [0.1, 0.15) is 17.7 Å². The molecule has 0 radical (unpaired) electrons. The van der Waals surface area contributed by atoms with E-state index in [0.717, 1.165) is 13.0 Å². The van der Waals surface area contributed by atoms with Gasteiger partial charge in [-0.1, -0.05) is 18.2 Å². The Kier molecular flexibility index (Phi) is 5.74. The van der Waals surface area contributed by atoms with Crippen molar-refractivity contribution in [3.63, 3.8) is 0 Å². The van der Waals surface area contributed by atoms with Crippen LogP contribution in [0.25, 0.3) is 10.1 Å². The first-order chi connectivity index (χ1) is 12.0. The van der Waals surface area contributed by atoms with Gasteiger partial charge in [-0.05, 0) is 37.4 Å². The van der Waals surface area contributed by atoms with Crippen molar-refractivity contribution in [1.29, 1.82) is 0 Å². The van der Waals surface area contributed by atoms with Crippen molar-refractivity contribution < 1.29 is 14.6 Å². The van der Waals surface area contributed by atoms with Gasteiger partial charge in [0.2, 0.25) is 0 Å². The van der Waals surface area contributed by atoms with Gasteiger partial charge in [0.25, 0.3) is 5.91 Å². The van der Waals surface area contributed by atoms with Gasteiger partial charge in [0.15, 0.2) is 5.60 Å². The van der Waals surface area contributed by atoms with Gasteiger partial charge in [0.1, 0.15) is 0 Å². The third kappa shape index (κ3) is 4.20. The summed E-state index contributed by atoms with van der Waals surface area (Å²) in [6.07, 6.45) is 1.34. The van der Waals surface area contributed by atoms with Crippen LogP contribution in [0.15, 0.2) is 30.3 Å². The van der Waals surface area contributed by atoms with Gasteiger partial charge >= 0.3 is 0 Å². The number of ether oxygens (including phenoxy) is 1. The number of likely N-dealkylation sites (tertiary alicyclic amines) is 1. The lowest BCUT2D eigenvalue weighted by Crippen LogP contribution is -2.58. The van der Waals surface area contributed by atoms with Crippen LogP contribution in [0, 0.1) is 0 Å². The highest BCUT2D eigenvalue weighted by Crippen LogP contribution is 2.28. The fourth-order valence-electron chi connectivity index (χ4n) is 3.51. The quantitative estimate of drug-likeness (QED) is 0.821. The molecular formula is C19H26N2O3S. The van der Waals surface area contributed by atoms with E-state index in [-0.39, 0.29) is 5.91 Å². The van der Waals surface area contributed by atoms with E-state index in [4.69, 9.17) is 4.74 Å². The van der Waals surface area contributed by atoms with Crippen LogP contribution in [0.4, 0.5) is 0 Å². The Labute approximate surface area is 152 Å². The molecule has 2 heterocycles. The predicted octanol–water partition coefficient (Wildman–Crippen LogP) is 2.33. The van der Waals surface area contributed by atoms with Crippen molar-refractivity contribution in [2.75, 3.05) is 40.4 Å². The Balaban J connectivity index is 1.64. The van der Waals surface area contributed by atoms with Crippen LogP contribution < -0.4 is 0 Å². The highest BCUT2D eigenvalue weighted by atomic mass is 32.1. The summed E-state index contributed by atoms with van der Waals surface area (Å²) in [6, 6.07) is 10.5. The number of carbonyl (C=O) groups is 1. The second kappa shape index (κ2) is 7.83. The molecule has 5 nitrogen and oxygen atoms in total. The maximum atomic E-state index is 12.7. The maximum absolute atomic E-state index is 12.7. The van der Waals surface area contributed by atoms with E-state index in [0.29, 0.717) is 32.7 Å². The lowest BCUT2D eigenvalue weighted by atomic mass is 9.91. The standard InChI is InChI=1S/C19H26N2O3S/c1-20(13-16-12-15-6-3-4-7-17(15)25-16)14-19(23)8-5-9-21(18(19)22)10-11-24-2/h3-4,6-7,12,23H,5,8-11,13-14H2,1-2H3. The summed E-state index contributed by atoms with van der Waals surface area (Å²) < 4.78 is 6.33. The number of aliphatic hydroxyl groups is 1. The molecule has 1 N–H and O–H groups in total. The molecule has 1 atom stereocenters. The number of fused-ring (bicyclic) bond motifs is 1. The van der Waals surface area contributed by atoms with E-state index in [1.807, 2.05) is 24.1 Å². The normalized spacial score (nSPS) is 21.4. The van der Waals surface area contributed by atoms with Crippen molar-refractivity contribution in [2.24, 2.45) is 0 Å². The molecule has 0 spiro atoms. The molecule has 1 fully saturated rings. The summed E-state index contributed by atoms with van der Waals surface area (Å²) in [6.45, 7) is 2.82. The van der Waals surface area contributed by atoms with Crippen LogP contribution in [0.2, 0.25) is 0 Å². The molecule has 1 amide bonds. The minimum atomic E-state index is -1.29. The molecule has 6 heteroatoms. The van der Waals surface area contributed by atoms with E-state index in [1.54, 1.807) is 23.3 Å². The first-order valence-electron chi connectivity index (χ1n) is 8.68. The third-order valence-corrected chi connectivity index (χ3v) is 5.80. The number of methoxy groups -OCH3 is 1. The van der Waals surface area contributed by atoms with Crippen LogP contribution in [0.5, 0.6) is 0 Å². The van der Waals surface area contributed by atoms with E-state index in [2.05, 4.69) is 18.2 Å². The zero-order chi connectivity index (χ0) is 17.9. The molecule has 1 unspecified atom stereocenters. The number of rotatable bonds is 7. The average Bonchev–Trinajstić information content (AvgIpc) is 2.98. The molecular weight excluding hydrogens is 336 g/mol. The number of piperidine rings is 1. The number of thiophene rings is 1. The number of carbonyl (C=O) groups excluding carboxylic acids is 1. The van der Waals surface area contributed by atoms with Crippen molar-refractivity contribution >= 4 is 27.3 Å². The summed E-state index contributed by atoms with van der Waals surface area (Å²) in [5.74, 6) is -0.168. The minimum absolute atomic E-state index is 0.168. The second-order valence-corrected chi connectivity index (χ2v) is 8.01. The fraction of sp³-hybridized carbons (Fsp3) is 0.526. The third-order valence-electron chi connectivity index (χ3n) is 4.70. The van der Waals surface area contributed by atoms with Crippen LogP contribution >= 0.6 is 11.3 Å². The topological polar surface area (TPSA) is 53.0 Å². The Morgan fingerprint density at radius 2 is 2.20 bits per heavy atom. The smallest absolute Gasteiger partial charge is 0.255 e. The van der Waals surface area contributed by atoms with Gasteiger partial charge < -0.3 is 14.7 Å². The summed E-state index contributed by atoms with van der Waals surface area (Å²) >= 11 is 1.76. The van der Waals surface area contributed by atoms with Crippen molar-refractivity contribution in [2.45, 2.75) is 25.0 Å². The van der Waals surface area contributed by atoms with E-state index < -0.39 is 5.60 Å². The number of likely N-dealkylation sites (N-methyl/N-ethyl adjacent to an activating group) is 1. The summed E-state index contributed by atoms with van der Waals surface area (Å²) in [4.78, 5) is 17.7. The van der Waals surface area contributed by atoms with Gasteiger partial charge in [-0.15, -0.1) is 11.3 Å². The number of hydrogen-bond donors (Lipinski definition) is 1. The highest BCUT2D eigenvalue weighted by molar-refractivity contribution is 7.19. The van der Waals surface area contributed by atoms with Gasteiger partial charge in [-0.3, -0.25) is 9.69 Å². The summed E-state index contributed by atoms with van der Waals surface area (Å²) in [7, 11) is 3.59. The van der Waals surface area contributed by atoms with Crippen LogP contribution in [-0.4, -0.2) is 66.8 Å². The molecule has 0 aliphatic carbocycles. The Hall–Kier alpha value is -1.47. The predicted molar refractivity (Wildman–Crippen MR) is 101 cm³/mol. The molecule has 1 aliphatic rings. The average molecular weight is 362 g/mol. The lowest BCUT2D eigenvalue weighted by Gasteiger charge is -2.40. The Bertz CT molecular complexity index is 699. The van der Waals surface area contributed by atoms with E-state index >= 15 is 0 Å². The second-order valence-electron chi connectivity index (χ2n) is 6.84. The van der Waals surface area contributed by atoms with E-state index in [1.165, 1.54) is 15.0 Å². The zero-order valence-electron chi connectivity index (χ0n) is 14.9. The van der Waals surface area contributed by atoms with Crippen molar-refractivity contribution in [3.05, 3.63) is 35.2 Å². The summed E-state index contributed by atoms with van der Waals surface area (Å²) in [5, 5.41) is 12.2. The number of hydrogen-bond acceptors (Lipinski definition) is 5. The van der Waals surface area contributed by atoms with Gasteiger partial charge in [-0.2, -0.15) is 0 Å². The molecule has 0 saturated carbocycles. The molecule has 2 aromatic rings. The monoisotopic (exact) mass is 362 g/mol. The van der Waals surface area contributed by atoms with Crippen molar-refractivity contribution in [1.82, 2.24) is 9.80 Å². The fourth-order valence-corrected chi connectivity index (χ4v) is 4.65. The number of benzene rings is 1. The van der Waals surface area contributed by atoms with Crippen molar-refractivity contribution in [3.8, 4) is 0 Å². The van der Waals surface area contributed by atoms with Gasteiger partial charge in [0, 0.05) is 42.9 Å². The molecule has 3 rings (SSSR count). The highest BCUT2D eigenvalue weighted by Gasteiger charge is 2.42. The molecule has 1 saturated heterocycles. The molecule has 136 valence electrons. The summed E-state index contributed by atoms with van der Waals surface area (Å²) in [5.41, 5.74) is -1.29. The van der Waals surface area contributed by atoms with Gasteiger partial charge in [0.05, 0.1) is 6.61 Å². The number of amides is 1. The maximum Gasteiger partial charge on any atom is 0.255 e. The van der Waals surface area contributed by atoms with Crippen LogP contribution in [-0.2, 0) is 16.1 Å². The molecule has 1 aromatic carbocycles. The molecule has 0 bridgehead atoms. The number of nitrogens with zero attached hydrogens (tertiary/aromatic N) is 2.